The molecule has 6 nitrogen and oxygen atoms in total. The maximum atomic E-state index is 10.9. The summed E-state index contributed by atoms with van der Waals surface area (Å²) in [6, 6.07) is 3.97. The molecule has 0 saturated heterocycles. The highest BCUT2D eigenvalue weighted by Crippen LogP contribution is 2.32. The Kier molecular flexibility index (Phi) is 3.01. The number of carbonyl (C=O) groups is 1. The Labute approximate surface area is 121 Å². The van der Waals surface area contributed by atoms with Crippen LogP contribution in [0.5, 0.6) is 0 Å². The first-order valence-electron chi connectivity index (χ1n) is 6.65. The van der Waals surface area contributed by atoms with Crippen LogP contribution in [0.2, 0.25) is 0 Å². The van der Waals surface area contributed by atoms with Gasteiger partial charge in [-0.25, -0.2) is 4.98 Å². The number of pyridine rings is 1. The zero-order valence-corrected chi connectivity index (χ0v) is 12.2. The molecule has 3 aromatic heterocycles. The summed E-state index contributed by atoms with van der Waals surface area (Å²) in [5.74, 6) is -0.897. The summed E-state index contributed by atoms with van der Waals surface area (Å²) >= 11 is 0. The van der Waals surface area contributed by atoms with Gasteiger partial charge in [0.1, 0.15) is 12.2 Å². The minimum atomic E-state index is -0.897. The lowest BCUT2D eigenvalue weighted by molar-refractivity contribution is -0.137. The Balaban J connectivity index is 2.23. The first kappa shape index (κ1) is 13.4. The van der Waals surface area contributed by atoms with Gasteiger partial charge in [-0.1, -0.05) is 0 Å². The van der Waals surface area contributed by atoms with Crippen molar-refractivity contribution >= 4 is 17.0 Å². The van der Waals surface area contributed by atoms with Crippen molar-refractivity contribution in [3.63, 3.8) is 0 Å². The van der Waals surface area contributed by atoms with Gasteiger partial charge in [0, 0.05) is 36.1 Å². The molecule has 0 bridgehead atoms. The number of carboxylic acid groups (broad SMARTS) is 1. The zero-order chi connectivity index (χ0) is 15.1. The molecular weight excluding hydrogens is 268 g/mol. The summed E-state index contributed by atoms with van der Waals surface area (Å²) in [6.07, 6.45) is 3.73. The average Bonchev–Trinajstić information content (AvgIpc) is 2.92. The van der Waals surface area contributed by atoms with E-state index in [1.165, 1.54) is 4.68 Å². The Hall–Kier alpha value is -2.63. The Morgan fingerprint density at radius 3 is 2.81 bits per heavy atom. The second kappa shape index (κ2) is 4.73. The molecule has 1 N–H and O–H groups in total. The molecule has 3 rings (SSSR count). The van der Waals surface area contributed by atoms with E-state index in [1.807, 2.05) is 43.8 Å². The van der Waals surface area contributed by atoms with Gasteiger partial charge in [-0.05, 0) is 31.5 Å². The molecule has 0 fully saturated rings. The zero-order valence-electron chi connectivity index (χ0n) is 12.2. The second-order valence-corrected chi connectivity index (χ2v) is 5.12. The Morgan fingerprint density at radius 1 is 1.33 bits per heavy atom. The van der Waals surface area contributed by atoms with E-state index in [1.54, 1.807) is 6.20 Å². The van der Waals surface area contributed by atoms with Gasteiger partial charge in [0.2, 0.25) is 0 Å². The number of aryl methyl sites for hydroxylation is 2. The smallest absolute Gasteiger partial charge is 0.325 e. The third kappa shape index (κ3) is 2.08. The van der Waals surface area contributed by atoms with E-state index in [9.17, 15) is 4.79 Å². The van der Waals surface area contributed by atoms with Crippen LogP contribution in [0.25, 0.3) is 22.2 Å². The number of carboxylic acids is 1. The predicted molar refractivity (Wildman–Crippen MR) is 79.0 cm³/mol. The van der Waals surface area contributed by atoms with Crippen molar-refractivity contribution in [1.82, 2.24) is 19.3 Å². The molecule has 0 aliphatic heterocycles. The van der Waals surface area contributed by atoms with E-state index in [2.05, 4.69) is 10.1 Å². The average molecular weight is 284 g/mol. The highest BCUT2D eigenvalue weighted by atomic mass is 16.4. The van der Waals surface area contributed by atoms with Crippen LogP contribution >= 0.6 is 0 Å². The molecule has 0 amide bonds. The summed E-state index contributed by atoms with van der Waals surface area (Å²) in [5.41, 5.74) is 4.59. The van der Waals surface area contributed by atoms with Crippen molar-refractivity contribution in [2.45, 2.75) is 20.4 Å². The molecule has 0 aliphatic rings. The molecule has 21 heavy (non-hydrogen) atoms. The van der Waals surface area contributed by atoms with Crippen LogP contribution in [0.1, 0.15) is 11.4 Å². The first-order valence-corrected chi connectivity index (χ1v) is 6.65. The van der Waals surface area contributed by atoms with Crippen molar-refractivity contribution < 1.29 is 9.90 Å². The van der Waals surface area contributed by atoms with Crippen LogP contribution in [0.3, 0.4) is 0 Å². The van der Waals surface area contributed by atoms with Crippen LogP contribution in [0.15, 0.2) is 24.5 Å². The van der Waals surface area contributed by atoms with Crippen LogP contribution in [-0.2, 0) is 18.4 Å². The van der Waals surface area contributed by atoms with Crippen LogP contribution in [0.4, 0.5) is 0 Å². The highest BCUT2D eigenvalue weighted by Gasteiger charge is 2.17. The number of aromatic nitrogens is 4. The van der Waals surface area contributed by atoms with Gasteiger partial charge in [-0.2, -0.15) is 5.10 Å². The van der Waals surface area contributed by atoms with Crippen molar-refractivity contribution in [2.24, 2.45) is 7.05 Å². The van der Waals surface area contributed by atoms with Crippen molar-refractivity contribution in [3.05, 3.63) is 35.9 Å². The summed E-state index contributed by atoms with van der Waals surface area (Å²) in [7, 11) is 1.95. The van der Waals surface area contributed by atoms with Gasteiger partial charge in [0.25, 0.3) is 0 Å². The summed E-state index contributed by atoms with van der Waals surface area (Å²) < 4.78 is 3.49. The van der Waals surface area contributed by atoms with Crippen LogP contribution < -0.4 is 0 Å². The molecule has 3 heterocycles. The largest absolute Gasteiger partial charge is 0.480 e. The molecule has 3 aromatic rings. The minimum Gasteiger partial charge on any atom is -0.480 e. The lowest BCUT2D eigenvalue weighted by Gasteiger charge is -2.05. The maximum Gasteiger partial charge on any atom is 0.325 e. The molecular formula is C15H16N4O2. The van der Waals surface area contributed by atoms with Gasteiger partial charge >= 0.3 is 5.97 Å². The lowest BCUT2D eigenvalue weighted by atomic mass is 10.0. The fraction of sp³-hybridized carbons (Fsp3) is 0.267. The molecule has 0 aromatic carbocycles. The normalized spacial score (nSPS) is 11.2. The molecule has 0 unspecified atom stereocenters. The SMILES string of the molecule is Cc1nn(CC(=O)O)c(C)c1-c1ccnc2c1ccn2C. The monoisotopic (exact) mass is 284 g/mol. The molecule has 0 spiro atoms. The van der Waals surface area contributed by atoms with E-state index < -0.39 is 5.97 Å². The number of nitrogens with zero attached hydrogens (tertiary/aromatic N) is 4. The molecule has 0 radical (unpaired) electrons. The van der Waals surface area contributed by atoms with Gasteiger partial charge in [-0.15, -0.1) is 0 Å². The summed E-state index contributed by atoms with van der Waals surface area (Å²) in [4.78, 5) is 15.3. The highest BCUT2D eigenvalue weighted by molar-refractivity contribution is 5.94. The Bertz CT molecular complexity index is 845. The van der Waals surface area contributed by atoms with Crippen LogP contribution in [0, 0.1) is 13.8 Å². The van der Waals surface area contributed by atoms with E-state index in [4.69, 9.17) is 5.11 Å². The number of aliphatic carboxylic acids is 1. The molecule has 0 atom stereocenters. The van der Waals surface area contributed by atoms with E-state index in [0.29, 0.717) is 0 Å². The summed E-state index contributed by atoms with van der Waals surface area (Å²) in [5, 5.41) is 14.4. The third-order valence-corrected chi connectivity index (χ3v) is 3.70. The summed E-state index contributed by atoms with van der Waals surface area (Å²) in [6.45, 7) is 3.67. The first-order chi connectivity index (χ1) is 9.99. The standard InChI is InChI=1S/C15H16N4O2/c1-9-14(10(2)19(17-9)8-13(20)21)11-4-6-16-15-12(11)5-7-18(15)3/h4-7H,8H2,1-3H3,(H,20,21). The molecule has 108 valence electrons. The quantitative estimate of drug-likeness (QED) is 0.799. The van der Waals surface area contributed by atoms with Crippen molar-refractivity contribution in [1.29, 1.82) is 0 Å². The van der Waals surface area contributed by atoms with E-state index in [0.717, 1.165) is 33.5 Å². The predicted octanol–water partition coefficient (Wildman–Crippen LogP) is 2.14. The maximum absolute atomic E-state index is 10.9. The minimum absolute atomic E-state index is 0.129. The number of fused-ring (bicyclic) bond motifs is 1. The van der Waals surface area contributed by atoms with Crippen molar-refractivity contribution in [2.75, 3.05) is 0 Å². The topological polar surface area (TPSA) is 72.9 Å². The lowest BCUT2D eigenvalue weighted by Crippen LogP contribution is -2.11. The van der Waals surface area contributed by atoms with Gasteiger partial charge in [0.15, 0.2) is 0 Å². The third-order valence-electron chi connectivity index (χ3n) is 3.70. The molecule has 6 heteroatoms. The van der Waals surface area contributed by atoms with Gasteiger partial charge in [0.05, 0.1) is 5.69 Å². The van der Waals surface area contributed by atoms with Gasteiger partial charge in [-0.3, -0.25) is 9.48 Å². The molecule has 0 saturated carbocycles. The number of hydrogen-bond donors (Lipinski definition) is 1. The number of rotatable bonds is 3. The van der Waals surface area contributed by atoms with Crippen LogP contribution in [-0.4, -0.2) is 30.4 Å². The van der Waals surface area contributed by atoms with E-state index in [-0.39, 0.29) is 6.54 Å². The fourth-order valence-electron chi connectivity index (χ4n) is 2.75. The number of hydrogen-bond acceptors (Lipinski definition) is 3. The fourth-order valence-corrected chi connectivity index (χ4v) is 2.75. The van der Waals surface area contributed by atoms with Gasteiger partial charge < -0.3 is 9.67 Å². The molecule has 0 aliphatic carbocycles. The van der Waals surface area contributed by atoms with E-state index >= 15 is 0 Å². The Morgan fingerprint density at radius 2 is 2.10 bits per heavy atom. The second-order valence-electron chi connectivity index (χ2n) is 5.12. The van der Waals surface area contributed by atoms with Crippen molar-refractivity contribution in [3.8, 4) is 11.1 Å².